The molecule has 1 saturated heterocycles. The van der Waals surface area contributed by atoms with Crippen molar-refractivity contribution >= 4 is 11.6 Å². The maximum Gasteiger partial charge on any atom is 0.237 e. The molecule has 0 aromatic heterocycles. The summed E-state index contributed by atoms with van der Waals surface area (Å²) in [5, 5.41) is 6.56. The highest BCUT2D eigenvalue weighted by Gasteiger charge is 2.55. The lowest BCUT2D eigenvalue weighted by molar-refractivity contribution is -0.121. The second-order valence-corrected chi connectivity index (χ2v) is 6.22. The molecule has 1 fully saturated rings. The van der Waals surface area contributed by atoms with Gasteiger partial charge in [0.05, 0.1) is 11.5 Å². The molecule has 3 aliphatic rings. The van der Waals surface area contributed by atoms with Crippen LogP contribution in [0.5, 0.6) is 11.5 Å². The van der Waals surface area contributed by atoms with E-state index in [2.05, 4.69) is 16.7 Å². The SMILES string of the molecule is O=C1Nc2ccccc2[C@@]12CCN[C@H]2c1ccc2c(c1)OCO2. The van der Waals surface area contributed by atoms with E-state index in [0.717, 1.165) is 41.3 Å². The minimum Gasteiger partial charge on any atom is -0.454 e. The first-order valence-corrected chi connectivity index (χ1v) is 7.83. The van der Waals surface area contributed by atoms with Crippen LogP contribution in [0.4, 0.5) is 5.69 Å². The fourth-order valence-corrected chi connectivity index (χ4v) is 4.10. The lowest BCUT2D eigenvalue weighted by Gasteiger charge is -2.29. The summed E-state index contributed by atoms with van der Waals surface area (Å²) in [6.07, 6.45) is 0.787. The number of hydrogen-bond acceptors (Lipinski definition) is 4. The van der Waals surface area contributed by atoms with Gasteiger partial charge in [-0.1, -0.05) is 24.3 Å². The summed E-state index contributed by atoms with van der Waals surface area (Å²) in [4.78, 5) is 12.9. The Kier molecular flexibility index (Phi) is 2.53. The second kappa shape index (κ2) is 4.49. The van der Waals surface area contributed by atoms with Crippen molar-refractivity contribution in [3.63, 3.8) is 0 Å². The zero-order chi connectivity index (χ0) is 15.4. The highest BCUT2D eigenvalue weighted by atomic mass is 16.7. The fraction of sp³-hybridized carbons (Fsp3) is 0.278. The predicted molar refractivity (Wildman–Crippen MR) is 84.7 cm³/mol. The first kappa shape index (κ1) is 13.0. The van der Waals surface area contributed by atoms with Gasteiger partial charge in [0.2, 0.25) is 12.7 Å². The maximum absolute atomic E-state index is 12.9. The minimum absolute atomic E-state index is 0.0688. The van der Waals surface area contributed by atoms with Gasteiger partial charge in [-0.3, -0.25) is 4.79 Å². The Morgan fingerprint density at radius 3 is 2.91 bits per heavy atom. The van der Waals surface area contributed by atoms with Gasteiger partial charge in [0.15, 0.2) is 11.5 Å². The first-order valence-electron chi connectivity index (χ1n) is 7.83. The molecule has 5 rings (SSSR count). The van der Waals surface area contributed by atoms with Gasteiger partial charge in [0.1, 0.15) is 0 Å². The summed E-state index contributed by atoms with van der Waals surface area (Å²) in [6, 6.07) is 13.8. The fourth-order valence-electron chi connectivity index (χ4n) is 4.10. The Balaban J connectivity index is 1.65. The molecule has 2 aromatic rings. The molecule has 0 aliphatic carbocycles. The van der Waals surface area contributed by atoms with Crippen LogP contribution in [0.2, 0.25) is 0 Å². The Labute approximate surface area is 133 Å². The van der Waals surface area contributed by atoms with Crippen LogP contribution in [0, 0.1) is 0 Å². The number of nitrogens with one attached hydrogen (secondary N) is 2. The molecule has 0 saturated carbocycles. The molecule has 0 bridgehead atoms. The Bertz CT molecular complexity index is 820. The molecule has 3 aliphatic heterocycles. The third-order valence-corrected chi connectivity index (χ3v) is 5.15. The highest BCUT2D eigenvalue weighted by molar-refractivity contribution is 6.07. The van der Waals surface area contributed by atoms with Crippen molar-refractivity contribution in [2.24, 2.45) is 0 Å². The van der Waals surface area contributed by atoms with E-state index in [1.165, 1.54) is 0 Å². The van der Waals surface area contributed by atoms with Crippen LogP contribution >= 0.6 is 0 Å². The van der Waals surface area contributed by atoms with Crippen LogP contribution in [0.15, 0.2) is 42.5 Å². The topological polar surface area (TPSA) is 59.6 Å². The van der Waals surface area contributed by atoms with E-state index in [9.17, 15) is 4.79 Å². The summed E-state index contributed by atoms with van der Waals surface area (Å²) in [5.41, 5.74) is 2.51. The molecule has 2 N–H and O–H groups in total. The molecule has 23 heavy (non-hydrogen) atoms. The van der Waals surface area contributed by atoms with E-state index < -0.39 is 5.41 Å². The molecule has 0 radical (unpaired) electrons. The van der Waals surface area contributed by atoms with Crippen LogP contribution in [0.1, 0.15) is 23.6 Å². The van der Waals surface area contributed by atoms with E-state index in [0.29, 0.717) is 0 Å². The van der Waals surface area contributed by atoms with Crippen LogP contribution < -0.4 is 20.1 Å². The van der Waals surface area contributed by atoms with E-state index in [-0.39, 0.29) is 18.7 Å². The van der Waals surface area contributed by atoms with Crippen molar-refractivity contribution in [1.29, 1.82) is 0 Å². The van der Waals surface area contributed by atoms with E-state index in [1.54, 1.807) is 0 Å². The molecule has 1 amide bonds. The van der Waals surface area contributed by atoms with E-state index >= 15 is 0 Å². The van der Waals surface area contributed by atoms with Crippen molar-refractivity contribution in [3.05, 3.63) is 53.6 Å². The quantitative estimate of drug-likeness (QED) is 0.849. The van der Waals surface area contributed by atoms with Gasteiger partial charge in [-0.25, -0.2) is 0 Å². The lowest BCUT2D eigenvalue weighted by Crippen LogP contribution is -2.39. The van der Waals surface area contributed by atoms with Crippen molar-refractivity contribution < 1.29 is 14.3 Å². The third kappa shape index (κ3) is 1.63. The predicted octanol–water partition coefficient (Wildman–Crippen LogP) is 2.34. The van der Waals surface area contributed by atoms with Gasteiger partial charge < -0.3 is 20.1 Å². The minimum atomic E-state index is -0.551. The Hall–Kier alpha value is -2.53. The summed E-state index contributed by atoms with van der Waals surface area (Å²) >= 11 is 0. The van der Waals surface area contributed by atoms with Crippen molar-refractivity contribution in [3.8, 4) is 11.5 Å². The second-order valence-electron chi connectivity index (χ2n) is 6.22. The standard InChI is InChI=1S/C18H16N2O3/c21-17-18(12-3-1-2-4-13(12)20-17)7-8-19-16(18)11-5-6-14-15(9-11)23-10-22-14/h1-6,9,16,19H,7-8,10H2,(H,20,21)/t16-,18+/m0/s1. The molecular weight excluding hydrogens is 292 g/mol. The van der Waals surface area contributed by atoms with E-state index in [1.807, 2.05) is 36.4 Å². The van der Waals surface area contributed by atoms with Crippen LogP contribution in [-0.4, -0.2) is 19.2 Å². The van der Waals surface area contributed by atoms with Gasteiger partial charge in [0, 0.05) is 5.69 Å². The summed E-state index contributed by atoms with van der Waals surface area (Å²) in [6.45, 7) is 1.06. The number of anilines is 1. The Morgan fingerprint density at radius 2 is 1.96 bits per heavy atom. The third-order valence-electron chi connectivity index (χ3n) is 5.15. The average Bonchev–Trinajstić information content (AvgIpc) is 3.27. The van der Waals surface area contributed by atoms with Crippen molar-refractivity contribution in [2.75, 3.05) is 18.7 Å². The Morgan fingerprint density at radius 1 is 1.09 bits per heavy atom. The summed E-state index contributed by atoms with van der Waals surface area (Å²) < 4.78 is 10.9. The first-order chi connectivity index (χ1) is 11.3. The molecule has 2 atom stereocenters. The zero-order valence-corrected chi connectivity index (χ0v) is 12.5. The number of amides is 1. The number of fused-ring (bicyclic) bond motifs is 3. The van der Waals surface area contributed by atoms with E-state index in [4.69, 9.17) is 9.47 Å². The normalized spacial score (nSPS) is 27.3. The number of benzene rings is 2. The number of rotatable bonds is 1. The molecule has 0 unspecified atom stereocenters. The van der Waals surface area contributed by atoms with Gasteiger partial charge in [-0.15, -0.1) is 0 Å². The van der Waals surface area contributed by atoms with Crippen LogP contribution in [-0.2, 0) is 10.2 Å². The van der Waals surface area contributed by atoms with Gasteiger partial charge in [-0.05, 0) is 42.3 Å². The molecule has 2 aromatic carbocycles. The largest absolute Gasteiger partial charge is 0.454 e. The molecular formula is C18H16N2O3. The van der Waals surface area contributed by atoms with Crippen molar-refractivity contribution in [1.82, 2.24) is 5.32 Å². The van der Waals surface area contributed by atoms with Gasteiger partial charge >= 0.3 is 0 Å². The number of carbonyl (C=O) groups excluding carboxylic acids is 1. The summed E-state index contributed by atoms with van der Waals surface area (Å²) in [5.74, 6) is 1.58. The smallest absolute Gasteiger partial charge is 0.237 e. The zero-order valence-electron chi connectivity index (χ0n) is 12.5. The monoisotopic (exact) mass is 308 g/mol. The number of ether oxygens (including phenoxy) is 2. The maximum atomic E-state index is 12.9. The van der Waals surface area contributed by atoms with Crippen molar-refractivity contribution in [2.45, 2.75) is 17.9 Å². The average molecular weight is 308 g/mol. The molecule has 1 spiro atoms. The number of carbonyl (C=O) groups is 1. The number of para-hydroxylation sites is 1. The molecule has 3 heterocycles. The van der Waals surface area contributed by atoms with Crippen LogP contribution in [0.3, 0.4) is 0 Å². The molecule has 116 valence electrons. The van der Waals surface area contributed by atoms with Gasteiger partial charge in [-0.2, -0.15) is 0 Å². The number of hydrogen-bond donors (Lipinski definition) is 2. The summed E-state index contributed by atoms with van der Waals surface area (Å²) in [7, 11) is 0. The highest BCUT2D eigenvalue weighted by Crippen LogP contribution is 2.51. The van der Waals surface area contributed by atoms with Gasteiger partial charge in [0.25, 0.3) is 0 Å². The molecule has 5 heteroatoms. The lowest BCUT2D eigenvalue weighted by atomic mass is 9.73. The van der Waals surface area contributed by atoms with Crippen LogP contribution in [0.25, 0.3) is 0 Å². The molecule has 5 nitrogen and oxygen atoms in total.